The quantitative estimate of drug-likeness (QED) is 0.866. The Bertz CT molecular complexity index is 416. The molecule has 0 aromatic heterocycles. The molecule has 0 radical (unpaired) electrons. The second-order valence-corrected chi connectivity index (χ2v) is 5.67. The molecule has 1 aliphatic rings. The van der Waals surface area contributed by atoms with Gasteiger partial charge in [-0.05, 0) is 81.9 Å². The third kappa shape index (κ3) is 3.33. The summed E-state index contributed by atoms with van der Waals surface area (Å²) in [6, 6.07) is 4.61. The highest BCUT2D eigenvalue weighted by Crippen LogP contribution is 2.34. The van der Waals surface area contributed by atoms with Crippen LogP contribution in [0.4, 0.5) is 0 Å². The molecule has 1 fully saturated rings. The van der Waals surface area contributed by atoms with Gasteiger partial charge in [0.15, 0.2) is 0 Å². The SMILES string of the molecule is CCOc1cc(C)c(C(CCO)N2CCCC2)c(C)c1. The molecule has 3 nitrogen and oxygen atoms in total. The maximum Gasteiger partial charge on any atom is 0.119 e. The molecule has 1 saturated heterocycles. The van der Waals surface area contributed by atoms with E-state index in [1.807, 2.05) is 6.92 Å². The maximum atomic E-state index is 9.43. The Labute approximate surface area is 122 Å². The molecule has 2 rings (SSSR count). The second kappa shape index (κ2) is 7.09. The number of aryl methyl sites for hydroxylation is 2. The summed E-state index contributed by atoms with van der Waals surface area (Å²) in [5.41, 5.74) is 3.93. The molecule has 0 bridgehead atoms. The number of hydrogen-bond acceptors (Lipinski definition) is 3. The van der Waals surface area contributed by atoms with E-state index >= 15 is 0 Å². The van der Waals surface area contributed by atoms with Crippen LogP contribution >= 0.6 is 0 Å². The first-order valence-electron chi connectivity index (χ1n) is 7.76. The van der Waals surface area contributed by atoms with Crippen molar-refractivity contribution in [3.63, 3.8) is 0 Å². The van der Waals surface area contributed by atoms with Gasteiger partial charge in [-0.3, -0.25) is 4.90 Å². The van der Waals surface area contributed by atoms with Gasteiger partial charge in [0.25, 0.3) is 0 Å². The predicted octanol–water partition coefficient (Wildman–Crippen LogP) is 3.22. The molecule has 3 heteroatoms. The molecular formula is C17H27NO2. The Morgan fingerprint density at radius 2 is 1.80 bits per heavy atom. The smallest absolute Gasteiger partial charge is 0.119 e. The van der Waals surface area contributed by atoms with E-state index in [0.717, 1.165) is 25.3 Å². The van der Waals surface area contributed by atoms with Gasteiger partial charge in [-0.1, -0.05) is 0 Å². The Balaban J connectivity index is 2.32. The molecular weight excluding hydrogens is 250 g/mol. The number of hydrogen-bond donors (Lipinski definition) is 1. The zero-order valence-electron chi connectivity index (χ0n) is 13.0. The molecule has 0 saturated carbocycles. The number of aliphatic hydroxyl groups is 1. The molecule has 0 amide bonds. The summed E-state index contributed by atoms with van der Waals surface area (Å²) in [5, 5.41) is 9.43. The summed E-state index contributed by atoms with van der Waals surface area (Å²) in [7, 11) is 0. The van der Waals surface area contributed by atoms with Gasteiger partial charge in [0.2, 0.25) is 0 Å². The minimum Gasteiger partial charge on any atom is -0.494 e. The summed E-state index contributed by atoms with van der Waals surface area (Å²) >= 11 is 0. The molecule has 112 valence electrons. The lowest BCUT2D eigenvalue weighted by Crippen LogP contribution is -2.27. The molecule has 1 heterocycles. The zero-order chi connectivity index (χ0) is 14.5. The van der Waals surface area contributed by atoms with E-state index in [4.69, 9.17) is 4.74 Å². The monoisotopic (exact) mass is 277 g/mol. The largest absolute Gasteiger partial charge is 0.494 e. The van der Waals surface area contributed by atoms with Crippen LogP contribution in [-0.4, -0.2) is 36.3 Å². The van der Waals surface area contributed by atoms with E-state index in [0.29, 0.717) is 12.6 Å². The van der Waals surface area contributed by atoms with Gasteiger partial charge >= 0.3 is 0 Å². The van der Waals surface area contributed by atoms with E-state index in [1.165, 1.54) is 29.5 Å². The maximum absolute atomic E-state index is 9.43. The highest BCUT2D eigenvalue weighted by molar-refractivity contribution is 5.43. The van der Waals surface area contributed by atoms with Crippen molar-refractivity contribution in [2.24, 2.45) is 0 Å². The highest BCUT2D eigenvalue weighted by atomic mass is 16.5. The van der Waals surface area contributed by atoms with Crippen LogP contribution in [0.2, 0.25) is 0 Å². The van der Waals surface area contributed by atoms with Crippen molar-refractivity contribution in [3.05, 3.63) is 28.8 Å². The average molecular weight is 277 g/mol. The van der Waals surface area contributed by atoms with Crippen molar-refractivity contribution in [2.75, 3.05) is 26.3 Å². The van der Waals surface area contributed by atoms with E-state index < -0.39 is 0 Å². The second-order valence-electron chi connectivity index (χ2n) is 5.67. The fourth-order valence-corrected chi connectivity index (χ4v) is 3.40. The van der Waals surface area contributed by atoms with Crippen molar-refractivity contribution < 1.29 is 9.84 Å². The Morgan fingerprint density at radius 1 is 1.20 bits per heavy atom. The molecule has 1 atom stereocenters. The van der Waals surface area contributed by atoms with Crippen LogP contribution in [-0.2, 0) is 0 Å². The Kier molecular flexibility index (Phi) is 5.44. The molecule has 20 heavy (non-hydrogen) atoms. The Morgan fingerprint density at radius 3 is 2.30 bits per heavy atom. The first-order chi connectivity index (χ1) is 9.67. The van der Waals surface area contributed by atoms with Crippen molar-refractivity contribution in [3.8, 4) is 5.75 Å². The molecule has 1 aromatic carbocycles. The van der Waals surface area contributed by atoms with Crippen LogP contribution in [0, 0.1) is 13.8 Å². The lowest BCUT2D eigenvalue weighted by atomic mass is 9.93. The third-order valence-electron chi connectivity index (χ3n) is 4.20. The summed E-state index contributed by atoms with van der Waals surface area (Å²) in [5.74, 6) is 0.954. The van der Waals surface area contributed by atoms with Gasteiger partial charge in [-0.2, -0.15) is 0 Å². The summed E-state index contributed by atoms with van der Waals surface area (Å²) in [4.78, 5) is 2.52. The minimum absolute atomic E-state index is 0.243. The topological polar surface area (TPSA) is 32.7 Å². The molecule has 1 aromatic rings. The summed E-state index contributed by atoms with van der Waals surface area (Å²) in [6.07, 6.45) is 3.36. The zero-order valence-corrected chi connectivity index (χ0v) is 13.0. The summed E-state index contributed by atoms with van der Waals surface area (Å²) < 4.78 is 5.62. The first kappa shape index (κ1) is 15.3. The van der Waals surface area contributed by atoms with Crippen molar-refractivity contribution in [2.45, 2.75) is 46.1 Å². The van der Waals surface area contributed by atoms with Gasteiger partial charge in [0, 0.05) is 12.6 Å². The van der Waals surface area contributed by atoms with E-state index in [1.54, 1.807) is 0 Å². The van der Waals surface area contributed by atoms with Crippen LogP contribution in [0.3, 0.4) is 0 Å². The van der Waals surface area contributed by atoms with E-state index in [2.05, 4.69) is 30.9 Å². The fourth-order valence-electron chi connectivity index (χ4n) is 3.40. The van der Waals surface area contributed by atoms with Gasteiger partial charge in [0.05, 0.1) is 6.61 Å². The predicted molar refractivity (Wildman–Crippen MR) is 82.3 cm³/mol. The van der Waals surface area contributed by atoms with E-state index in [-0.39, 0.29) is 6.61 Å². The van der Waals surface area contributed by atoms with Crippen molar-refractivity contribution in [1.29, 1.82) is 0 Å². The number of likely N-dealkylation sites (tertiary alicyclic amines) is 1. The van der Waals surface area contributed by atoms with Gasteiger partial charge in [0.1, 0.15) is 5.75 Å². The lowest BCUT2D eigenvalue weighted by Gasteiger charge is -2.30. The number of benzene rings is 1. The molecule has 1 unspecified atom stereocenters. The molecule has 0 spiro atoms. The van der Waals surface area contributed by atoms with Gasteiger partial charge < -0.3 is 9.84 Å². The first-order valence-corrected chi connectivity index (χ1v) is 7.76. The molecule has 1 aliphatic heterocycles. The number of aliphatic hydroxyl groups excluding tert-OH is 1. The number of ether oxygens (including phenoxy) is 1. The molecule has 1 N–H and O–H groups in total. The van der Waals surface area contributed by atoms with Gasteiger partial charge in [-0.25, -0.2) is 0 Å². The molecule has 0 aliphatic carbocycles. The van der Waals surface area contributed by atoms with Crippen LogP contribution in [0.25, 0.3) is 0 Å². The summed E-state index contributed by atoms with van der Waals surface area (Å²) in [6.45, 7) is 9.57. The minimum atomic E-state index is 0.243. The van der Waals surface area contributed by atoms with Crippen LogP contribution in [0.5, 0.6) is 5.75 Å². The van der Waals surface area contributed by atoms with E-state index in [9.17, 15) is 5.11 Å². The van der Waals surface area contributed by atoms with Crippen molar-refractivity contribution >= 4 is 0 Å². The Hall–Kier alpha value is -1.06. The standard InChI is InChI=1S/C17H27NO2/c1-4-20-15-11-13(2)17(14(3)12-15)16(7-10-19)18-8-5-6-9-18/h11-12,16,19H,4-10H2,1-3H3. The number of rotatable bonds is 6. The van der Waals surface area contributed by atoms with Crippen LogP contribution in [0.1, 0.15) is 48.9 Å². The van der Waals surface area contributed by atoms with Gasteiger partial charge in [-0.15, -0.1) is 0 Å². The highest BCUT2D eigenvalue weighted by Gasteiger charge is 2.25. The third-order valence-corrected chi connectivity index (χ3v) is 4.20. The van der Waals surface area contributed by atoms with Crippen LogP contribution < -0.4 is 4.74 Å². The van der Waals surface area contributed by atoms with Crippen molar-refractivity contribution in [1.82, 2.24) is 4.90 Å². The normalized spacial score (nSPS) is 17.4. The lowest BCUT2D eigenvalue weighted by molar-refractivity contribution is 0.184. The fraction of sp³-hybridized carbons (Fsp3) is 0.647. The number of nitrogens with zero attached hydrogens (tertiary/aromatic N) is 1. The average Bonchev–Trinajstić information content (AvgIpc) is 2.91. The van der Waals surface area contributed by atoms with Crippen LogP contribution in [0.15, 0.2) is 12.1 Å².